The predicted molar refractivity (Wildman–Crippen MR) is 52.7 cm³/mol. The van der Waals surface area contributed by atoms with E-state index in [4.69, 9.17) is 0 Å². The first-order chi connectivity index (χ1) is 5.38. The maximum Gasteiger partial charge on any atom is 0.0411 e. The van der Waals surface area contributed by atoms with Crippen LogP contribution in [0, 0.1) is 0 Å². The van der Waals surface area contributed by atoms with Crippen molar-refractivity contribution < 1.29 is 0 Å². The molecule has 0 unspecified atom stereocenters. The Morgan fingerprint density at radius 3 is 3.09 bits per heavy atom. The highest BCUT2D eigenvalue weighted by Crippen LogP contribution is 2.06. The highest BCUT2D eigenvalue weighted by Gasteiger charge is 1.93. The molecule has 60 valence electrons. The number of aromatic nitrogens is 1. The number of rotatable bonds is 3. The normalized spacial score (nSPS) is 11.1. The third-order valence-corrected chi connectivity index (χ3v) is 1.83. The van der Waals surface area contributed by atoms with Crippen LogP contribution in [0.25, 0.3) is 6.08 Å². The van der Waals surface area contributed by atoms with Gasteiger partial charge in [-0.3, -0.25) is 0 Å². The Hall–Kier alpha value is -0.500. The van der Waals surface area contributed by atoms with Gasteiger partial charge in [-0.1, -0.05) is 22.9 Å². The molecule has 1 aromatic heterocycles. The molecule has 0 aliphatic carbocycles. The van der Waals surface area contributed by atoms with Crippen molar-refractivity contribution in [2.24, 2.45) is 0 Å². The quantitative estimate of drug-likeness (QED) is 0.727. The van der Waals surface area contributed by atoms with E-state index in [0.29, 0.717) is 0 Å². The Balaban J connectivity index is 2.78. The maximum atomic E-state index is 3.26. The molecular formula is C9H12BrN. The first-order valence-corrected chi connectivity index (χ1v) is 4.72. The van der Waals surface area contributed by atoms with Crippen molar-refractivity contribution >= 4 is 22.0 Å². The fourth-order valence-electron chi connectivity index (χ4n) is 1.09. The van der Waals surface area contributed by atoms with Crippen LogP contribution in [-0.2, 0) is 6.54 Å². The lowest BCUT2D eigenvalue weighted by Gasteiger charge is -2.02. The van der Waals surface area contributed by atoms with Crippen molar-refractivity contribution in [3.63, 3.8) is 0 Å². The zero-order chi connectivity index (χ0) is 8.10. The molecule has 0 aromatic carbocycles. The molecule has 0 aliphatic rings. The summed E-state index contributed by atoms with van der Waals surface area (Å²) in [5.74, 6) is 0. The molecule has 0 fully saturated rings. The zero-order valence-corrected chi connectivity index (χ0v) is 8.21. The fourth-order valence-corrected chi connectivity index (χ4v) is 1.36. The van der Waals surface area contributed by atoms with Gasteiger partial charge in [-0.05, 0) is 29.6 Å². The first-order valence-electron chi connectivity index (χ1n) is 3.80. The molecule has 0 spiro atoms. The molecule has 1 heterocycles. The van der Waals surface area contributed by atoms with E-state index in [-0.39, 0.29) is 0 Å². The third-order valence-electron chi connectivity index (χ3n) is 1.56. The van der Waals surface area contributed by atoms with Gasteiger partial charge < -0.3 is 4.57 Å². The van der Waals surface area contributed by atoms with Gasteiger partial charge in [0, 0.05) is 18.4 Å². The van der Waals surface area contributed by atoms with Crippen molar-refractivity contribution in [1.29, 1.82) is 0 Å². The molecule has 11 heavy (non-hydrogen) atoms. The standard InChI is InChI=1S/C9H12BrN/c1-2-7-11-8-3-4-9(11)5-6-10/h3-6,8H,2,7H2,1H3/b6-5+. The van der Waals surface area contributed by atoms with Crippen molar-refractivity contribution in [1.82, 2.24) is 4.57 Å². The van der Waals surface area contributed by atoms with E-state index < -0.39 is 0 Å². The Labute approximate surface area is 75.9 Å². The molecule has 1 rings (SSSR count). The number of aryl methyl sites for hydroxylation is 1. The Kier molecular flexibility index (Phi) is 3.43. The lowest BCUT2D eigenvalue weighted by atomic mass is 10.4. The molecule has 0 saturated heterocycles. The van der Waals surface area contributed by atoms with Crippen molar-refractivity contribution in [3.8, 4) is 0 Å². The smallest absolute Gasteiger partial charge is 0.0411 e. The highest BCUT2D eigenvalue weighted by atomic mass is 79.9. The van der Waals surface area contributed by atoms with Gasteiger partial charge in [-0.2, -0.15) is 0 Å². The zero-order valence-electron chi connectivity index (χ0n) is 6.63. The first kappa shape index (κ1) is 8.60. The van der Waals surface area contributed by atoms with E-state index in [1.807, 2.05) is 4.99 Å². The van der Waals surface area contributed by atoms with E-state index in [1.54, 1.807) is 0 Å². The van der Waals surface area contributed by atoms with Crippen LogP contribution in [0.3, 0.4) is 0 Å². The van der Waals surface area contributed by atoms with Crippen LogP contribution in [0.2, 0.25) is 0 Å². The van der Waals surface area contributed by atoms with Gasteiger partial charge in [-0.25, -0.2) is 0 Å². The summed E-state index contributed by atoms with van der Waals surface area (Å²) in [5, 5.41) is 0. The molecule has 0 N–H and O–H groups in total. The molecule has 1 aromatic rings. The number of hydrogen-bond acceptors (Lipinski definition) is 0. The molecular weight excluding hydrogens is 202 g/mol. The second-order valence-electron chi connectivity index (χ2n) is 2.42. The summed E-state index contributed by atoms with van der Waals surface area (Å²) < 4.78 is 2.23. The van der Waals surface area contributed by atoms with Crippen LogP contribution in [0.1, 0.15) is 19.0 Å². The molecule has 0 saturated carbocycles. The van der Waals surface area contributed by atoms with E-state index in [2.05, 4.69) is 51.8 Å². The molecule has 0 aliphatic heterocycles. The lowest BCUT2D eigenvalue weighted by Crippen LogP contribution is -1.95. The molecule has 0 radical (unpaired) electrons. The van der Waals surface area contributed by atoms with Gasteiger partial charge in [0.1, 0.15) is 0 Å². The van der Waals surface area contributed by atoms with Gasteiger partial charge in [0.2, 0.25) is 0 Å². The molecule has 2 heteroatoms. The van der Waals surface area contributed by atoms with Crippen molar-refractivity contribution in [3.05, 3.63) is 29.0 Å². The van der Waals surface area contributed by atoms with Crippen LogP contribution < -0.4 is 0 Å². The molecule has 1 nitrogen and oxygen atoms in total. The Morgan fingerprint density at radius 1 is 1.64 bits per heavy atom. The number of hydrogen-bond donors (Lipinski definition) is 0. The van der Waals surface area contributed by atoms with Gasteiger partial charge in [0.15, 0.2) is 0 Å². The van der Waals surface area contributed by atoms with E-state index >= 15 is 0 Å². The second-order valence-corrected chi connectivity index (χ2v) is 2.95. The van der Waals surface area contributed by atoms with Crippen molar-refractivity contribution in [2.45, 2.75) is 19.9 Å². The molecule has 0 bridgehead atoms. The van der Waals surface area contributed by atoms with Gasteiger partial charge in [0.25, 0.3) is 0 Å². The number of nitrogens with zero attached hydrogens (tertiary/aromatic N) is 1. The number of halogens is 1. The van der Waals surface area contributed by atoms with Gasteiger partial charge >= 0.3 is 0 Å². The van der Waals surface area contributed by atoms with Crippen molar-refractivity contribution in [2.75, 3.05) is 0 Å². The Bertz CT molecular complexity index is 237. The minimum absolute atomic E-state index is 1.10. The minimum atomic E-state index is 1.10. The van der Waals surface area contributed by atoms with Crippen LogP contribution in [0.4, 0.5) is 0 Å². The predicted octanol–water partition coefficient (Wildman–Crippen LogP) is 3.26. The van der Waals surface area contributed by atoms with Crippen LogP contribution in [0.15, 0.2) is 23.3 Å². The van der Waals surface area contributed by atoms with E-state index in [0.717, 1.165) is 6.54 Å². The summed E-state index contributed by atoms with van der Waals surface area (Å²) >= 11 is 3.26. The van der Waals surface area contributed by atoms with Crippen LogP contribution in [-0.4, -0.2) is 4.57 Å². The molecule has 0 amide bonds. The topological polar surface area (TPSA) is 4.93 Å². The summed E-state index contributed by atoms with van der Waals surface area (Å²) in [7, 11) is 0. The van der Waals surface area contributed by atoms with E-state index in [1.165, 1.54) is 12.1 Å². The minimum Gasteiger partial charge on any atom is -0.348 e. The Morgan fingerprint density at radius 2 is 2.45 bits per heavy atom. The van der Waals surface area contributed by atoms with Crippen LogP contribution >= 0.6 is 15.9 Å². The highest BCUT2D eigenvalue weighted by molar-refractivity contribution is 9.11. The fraction of sp³-hybridized carbons (Fsp3) is 0.333. The largest absolute Gasteiger partial charge is 0.348 e. The monoisotopic (exact) mass is 213 g/mol. The summed E-state index contributed by atoms with van der Waals surface area (Å²) in [6, 6.07) is 4.17. The summed E-state index contributed by atoms with van der Waals surface area (Å²) in [6.07, 6.45) is 5.33. The van der Waals surface area contributed by atoms with Crippen LogP contribution in [0.5, 0.6) is 0 Å². The average molecular weight is 214 g/mol. The lowest BCUT2D eigenvalue weighted by molar-refractivity contribution is 0.678. The summed E-state index contributed by atoms with van der Waals surface area (Å²) in [6.45, 7) is 3.28. The summed E-state index contributed by atoms with van der Waals surface area (Å²) in [5.41, 5.74) is 1.25. The third kappa shape index (κ3) is 2.22. The van der Waals surface area contributed by atoms with Gasteiger partial charge in [-0.15, -0.1) is 0 Å². The molecule has 0 atom stereocenters. The SMILES string of the molecule is CCCn1cccc1/C=C/Br. The van der Waals surface area contributed by atoms with E-state index in [9.17, 15) is 0 Å². The maximum absolute atomic E-state index is 3.26. The summed E-state index contributed by atoms with van der Waals surface area (Å²) in [4.78, 5) is 1.88. The second kappa shape index (κ2) is 4.39. The average Bonchev–Trinajstić information content (AvgIpc) is 2.39. The van der Waals surface area contributed by atoms with Gasteiger partial charge in [0.05, 0.1) is 0 Å².